The van der Waals surface area contributed by atoms with Crippen molar-refractivity contribution in [3.05, 3.63) is 24.3 Å². The van der Waals surface area contributed by atoms with Crippen LogP contribution in [0.2, 0.25) is 0 Å². The minimum atomic E-state index is -0.839. The molecule has 3 N–H and O–H groups in total. The van der Waals surface area contributed by atoms with Gasteiger partial charge in [0.05, 0.1) is 13.2 Å². The number of nitrogens with two attached hydrogens (primary N) is 1. The van der Waals surface area contributed by atoms with Crippen molar-refractivity contribution in [1.29, 1.82) is 0 Å². The minimum Gasteiger partial charge on any atom is -0.488 e. The van der Waals surface area contributed by atoms with Gasteiger partial charge in [0.2, 0.25) is 5.91 Å². The third kappa shape index (κ3) is 4.57. The lowest BCUT2D eigenvalue weighted by Crippen LogP contribution is -2.54. The monoisotopic (exact) mass is 342 g/mol. The summed E-state index contributed by atoms with van der Waals surface area (Å²) in [6.07, 6.45) is 2.12. The van der Waals surface area contributed by atoms with Gasteiger partial charge in [0.25, 0.3) is 0 Å². The lowest BCUT2D eigenvalue weighted by molar-refractivity contribution is -0.124. The van der Waals surface area contributed by atoms with E-state index >= 15 is 0 Å². The van der Waals surface area contributed by atoms with Gasteiger partial charge in [0.15, 0.2) is 0 Å². The molecule has 6 nitrogen and oxygen atoms in total. The van der Waals surface area contributed by atoms with E-state index < -0.39 is 5.54 Å². The average Bonchev–Trinajstić information content (AvgIpc) is 3.03. The molecule has 2 aliphatic heterocycles. The molecule has 3 rings (SSSR count). The van der Waals surface area contributed by atoms with Gasteiger partial charge in [-0.15, -0.1) is 12.4 Å². The van der Waals surface area contributed by atoms with Crippen molar-refractivity contribution in [3.63, 3.8) is 0 Å². The molecular weight excluding hydrogens is 320 g/mol. The molecule has 0 aromatic heterocycles. The van der Waals surface area contributed by atoms with Gasteiger partial charge in [-0.2, -0.15) is 0 Å². The molecule has 1 atom stereocenters. The first-order valence-corrected chi connectivity index (χ1v) is 7.68. The standard InChI is InChI=1S/C16H22N2O4.ClH/c17-16(6-9-20-10-7-16)15(19)18-12-1-3-13(4-2-12)22-14-5-8-21-11-14;/h1-4,14H,5-11,17H2,(H,18,19);1H. The zero-order valence-electron chi connectivity index (χ0n) is 13.0. The van der Waals surface area contributed by atoms with Crippen LogP contribution in [0.1, 0.15) is 19.3 Å². The Morgan fingerprint density at radius 2 is 1.87 bits per heavy atom. The number of hydrogen-bond donors (Lipinski definition) is 2. The summed E-state index contributed by atoms with van der Waals surface area (Å²) in [6, 6.07) is 7.35. The van der Waals surface area contributed by atoms with Crippen LogP contribution in [0.25, 0.3) is 0 Å². The summed E-state index contributed by atoms with van der Waals surface area (Å²) >= 11 is 0. The smallest absolute Gasteiger partial charge is 0.244 e. The van der Waals surface area contributed by atoms with Crippen LogP contribution in [-0.2, 0) is 14.3 Å². The Morgan fingerprint density at radius 1 is 1.17 bits per heavy atom. The third-order valence-corrected chi connectivity index (χ3v) is 4.14. The maximum Gasteiger partial charge on any atom is 0.244 e. The van der Waals surface area contributed by atoms with Crippen LogP contribution in [0.4, 0.5) is 5.69 Å². The van der Waals surface area contributed by atoms with Gasteiger partial charge in [-0.25, -0.2) is 0 Å². The van der Waals surface area contributed by atoms with Gasteiger partial charge in [-0.1, -0.05) is 0 Å². The second-order valence-corrected chi connectivity index (χ2v) is 5.85. The van der Waals surface area contributed by atoms with Crippen molar-refractivity contribution in [3.8, 4) is 5.75 Å². The highest BCUT2D eigenvalue weighted by Gasteiger charge is 2.35. The van der Waals surface area contributed by atoms with Gasteiger partial charge < -0.3 is 25.3 Å². The first-order valence-electron chi connectivity index (χ1n) is 7.68. The van der Waals surface area contributed by atoms with Crippen molar-refractivity contribution in [2.24, 2.45) is 5.73 Å². The number of benzene rings is 1. The fourth-order valence-electron chi connectivity index (χ4n) is 2.63. The molecule has 2 saturated heterocycles. The number of ether oxygens (including phenoxy) is 3. The second kappa shape index (κ2) is 7.97. The van der Waals surface area contributed by atoms with Crippen molar-refractivity contribution in [2.75, 3.05) is 31.7 Å². The topological polar surface area (TPSA) is 82.8 Å². The number of anilines is 1. The van der Waals surface area contributed by atoms with E-state index in [-0.39, 0.29) is 24.4 Å². The maximum atomic E-state index is 12.3. The number of hydrogen-bond acceptors (Lipinski definition) is 5. The van der Waals surface area contributed by atoms with Gasteiger partial charge in [0.1, 0.15) is 17.4 Å². The second-order valence-electron chi connectivity index (χ2n) is 5.85. The van der Waals surface area contributed by atoms with Gasteiger partial charge >= 0.3 is 0 Å². The minimum absolute atomic E-state index is 0. The molecule has 1 aromatic rings. The molecule has 0 saturated carbocycles. The highest BCUT2D eigenvalue weighted by molar-refractivity contribution is 5.98. The Kier molecular flexibility index (Phi) is 6.24. The normalized spacial score (nSPS) is 22.9. The van der Waals surface area contributed by atoms with Crippen LogP contribution in [-0.4, -0.2) is 44.0 Å². The lowest BCUT2D eigenvalue weighted by Gasteiger charge is -2.31. The Bertz CT molecular complexity index is 511. The Balaban J connectivity index is 0.00000192. The molecule has 23 heavy (non-hydrogen) atoms. The van der Waals surface area contributed by atoms with Crippen LogP contribution in [0.5, 0.6) is 5.75 Å². The fourth-order valence-corrected chi connectivity index (χ4v) is 2.63. The van der Waals surface area contributed by atoms with E-state index in [4.69, 9.17) is 19.9 Å². The summed E-state index contributed by atoms with van der Waals surface area (Å²) in [5, 5.41) is 2.87. The predicted molar refractivity (Wildman–Crippen MR) is 89.1 cm³/mol. The number of carbonyl (C=O) groups excluding carboxylic acids is 1. The van der Waals surface area contributed by atoms with E-state index in [9.17, 15) is 4.79 Å². The van der Waals surface area contributed by atoms with E-state index in [0.717, 1.165) is 24.5 Å². The molecule has 7 heteroatoms. The summed E-state index contributed by atoms with van der Waals surface area (Å²) < 4.78 is 16.3. The average molecular weight is 343 g/mol. The summed E-state index contributed by atoms with van der Waals surface area (Å²) in [4.78, 5) is 12.3. The predicted octanol–water partition coefficient (Wildman–Crippen LogP) is 1.72. The van der Waals surface area contributed by atoms with E-state index in [1.807, 2.05) is 24.3 Å². The lowest BCUT2D eigenvalue weighted by atomic mass is 9.90. The third-order valence-electron chi connectivity index (χ3n) is 4.14. The zero-order chi connectivity index (χ0) is 15.4. The number of amides is 1. The summed E-state index contributed by atoms with van der Waals surface area (Å²) in [5.41, 5.74) is 6.04. The number of halogens is 1. The first-order chi connectivity index (χ1) is 10.7. The molecule has 128 valence electrons. The van der Waals surface area contributed by atoms with E-state index in [1.165, 1.54) is 0 Å². The summed E-state index contributed by atoms with van der Waals surface area (Å²) in [7, 11) is 0. The largest absolute Gasteiger partial charge is 0.488 e. The van der Waals surface area contributed by atoms with Gasteiger partial charge in [-0.05, 0) is 37.1 Å². The Morgan fingerprint density at radius 3 is 2.48 bits per heavy atom. The molecule has 0 bridgehead atoms. The van der Waals surface area contributed by atoms with Crippen LogP contribution < -0.4 is 15.8 Å². The van der Waals surface area contributed by atoms with Crippen molar-refractivity contribution in [1.82, 2.24) is 0 Å². The summed E-state index contributed by atoms with van der Waals surface area (Å²) in [6.45, 7) is 2.44. The SMILES string of the molecule is Cl.NC1(C(=O)Nc2ccc(OC3CCOC3)cc2)CCOCC1. The van der Waals surface area contributed by atoms with Crippen molar-refractivity contribution >= 4 is 24.0 Å². The number of rotatable bonds is 4. The first kappa shape index (κ1) is 18.0. The maximum absolute atomic E-state index is 12.3. The summed E-state index contributed by atoms with van der Waals surface area (Å²) in [5.74, 6) is 0.621. The molecule has 2 fully saturated rings. The van der Waals surface area contributed by atoms with E-state index in [0.29, 0.717) is 32.7 Å². The molecule has 1 amide bonds. The van der Waals surface area contributed by atoms with Gasteiger partial charge in [0, 0.05) is 25.3 Å². The quantitative estimate of drug-likeness (QED) is 0.870. The molecule has 0 aliphatic carbocycles. The van der Waals surface area contributed by atoms with Crippen LogP contribution in [0, 0.1) is 0 Å². The molecule has 2 aliphatic rings. The molecule has 1 aromatic carbocycles. The Labute approximate surface area is 142 Å². The van der Waals surface area contributed by atoms with Crippen molar-refractivity contribution in [2.45, 2.75) is 30.9 Å². The zero-order valence-corrected chi connectivity index (χ0v) is 13.8. The number of nitrogens with one attached hydrogen (secondary N) is 1. The molecule has 0 spiro atoms. The van der Waals surface area contributed by atoms with Crippen molar-refractivity contribution < 1.29 is 19.0 Å². The molecular formula is C16H23ClN2O4. The number of carbonyl (C=O) groups is 1. The fraction of sp³-hybridized carbons (Fsp3) is 0.562. The highest BCUT2D eigenvalue weighted by Crippen LogP contribution is 2.22. The van der Waals surface area contributed by atoms with Crippen LogP contribution in [0.3, 0.4) is 0 Å². The molecule has 1 unspecified atom stereocenters. The van der Waals surface area contributed by atoms with E-state index in [2.05, 4.69) is 5.32 Å². The Hall–Kier alpha value is -1.34. The molecule has 2 heterocycles. The molecule has 0 radical (unpaired) electrons. The highest BCUT2D eigenvalue weighted by atomic mass is 35.5. The van der Waals surface area contributed by atoms with E-state index in [1.54, 1.807) is 0 Å². The van der Waals surface area contributed by atoms with Crippen LogP contribution in [0.15, 0.2) is 24.3 Å². The van der Waals surface area contributed by atoms with Gasteiger partial charge in [-0.3, -0.25) is 4.79 Å². The van der Waals surface area contributed by atoms with Crippen LogP contribution >= 0.6 is 12.4 Å².